The maximum Gasteiger partial charge on any atom is 0.336 e. The van der Waals surface area contributed by atoms with E-state index in [1.54, 1.807) is 67.7 Å². The number of aliphatic hydroxyl groups is 3. The van der Waals surface area contributed by atoms with Gasteiger partial charge in [-0.15, -0.1) is 11.3 Å². The summed E-state index contributed by atoms with van der Waals surface area (Å²) in [4.78, 5) is 55.2. The number of rotatable bonds is 16. The van der Waals surface area contributed by atoms with Crippen LogP contribution in [-0.4, -0.2) is 96.8 Å². The van der Waals surface area contributed by atoms with E-state index in [0.717, 1.165) is 22.0 Å². The molecule has 0 saturated carbocycles. The average Bonchev–Trinajstić information content (AvgIpc) is 3.62. The van der Waals surface area contributed by atoms with Crippen molar-refractivity contribution < 1.29 is 49.4 Å². The van der Waals surface area contributed by atoms with Crippen molar-refractivity contribution in [3.05, 3.63) is 116 Å². The Labute approximate surface area is 339 Å². The summed E-state index contributed by atoms with van der Waals surface area (Å²) in [5.74, 6) is -2.86. The summed E-state index contributed by atoms with van der Waals surface area (Å²) in [5, 5.41) is 68.0. The number of phenolic OH excluding ortho intramolecular Hbond substituents is 1. The fourth-order valence-electron chi connectivity index (χ4n) is 6.75. The molecular weight excluding hydrogens is 767 g/mol. The standard InChI is InChI=1S/C42H49N5O10S/c1-23-14-30(15-24(2)36(23)51)40(54)45-20-33(50)37(52)38-35(47-26(4)48)32(49)18-42(57-38,41(55)56)13-7-10-27-8-5-9-28(16-27)19-44-39(53)29-11-6-12-31(17-29)43-21-34-46-25(3)22-58-34/h5-12,14-17,22,32-33,35,37-38,43,49-52H,13,18-21H2,1-4H3,(H,44,53)(H,45,54)(H,47,48)(H,55,56)/b10-7+/t32-,33+,35+,37+,38+,42+/m0/s1. The van der Waals surface area contributed by atoms with Crippen LogP contribution in [0.1, 0.15) is 73.4 Å². The van der Waals surface area contributed by atoms with E-state index in [9.17, 15) is 44.7 Å². The highest BCUT2D eigenvalue weighted by Gasteiger charge is 2.54. The Hall–Kier alpha value is -5.65. The lowest BCUT2D eigenvalue weighted by Crippen LogP contribution is -2.67. The van der Waals surface area contributed by atoms with Gasteiger partial charge in [-0.25, -0.2) is 9.78 Å². The first-order valence-electron chi connectivity index (χ1n) is 18.6. The van der Waals surface area contributed by atoms with Gasteiger partial charge in [0.05, 0.1) is 24.8 Å². The van der Waals surface area contributed by atoms with Crippen LogP contribution >= 0.6 is 11.3 Å². The fourth-order valence-corrected chi connectivity index (χ4v) is 7.46. The number of anilines is 1. The van der Waals surface area contributed by atoms with Crippen LogP contribution in [0.2, 0.25) is 0 Å². The van der Waals surface area contributed by atoms with Gasteiger partial charge in [0.15, 0.2) is 5.60 Å². The summed E-state index contributed by atoms with van der Waals surface area (Å²) < 4.78 is 6.02. The summed E-state index contributed by atoms with van der Waals surface area (Å²) in [6.07, 6.45) is -4.20. The molecule has 5 rings (SSSR count). The summed E-state index contributed by atoms with van der Waals surface area (Å²) >= 11 is 1.56. The normalized spacial score (nSPS) is 20.2. The number of phenols is 1. The summed E-state index contributed by atoms with van der Waals surface area (Å²) in [5.41, 5.74) is 2.74. The molecule has 1 saturated heterocycles. The fraction of sp³-hybridized carbons (Fsp3) is 0.357. The molecule has 0 aliphatic carbocycles. The van der Waals surface area contributed by atoms with E-state index in [1.807, 2.05) is 30.5 Å². The second-order valence-corrected chi connectivity index (χ2v) is 15.4. The number of hydrogen-bond acceptors (Lipinski definition) is 12. The minimum Gasteiger partial charge on any atom is -0.507 e. The first kappa shape index (κ1) is 43.5. The van der Waals surface area contributed by atoms with Gasteiger partial charge in [-0.3, -0.25) is 14.4 Å². The van der Waals surface area contributed by atoms with Gasteiger partial charge < -0.3 is 51.5 Å². The number of nitrogens with zero attached hydrogens (tertiary/aromatic N) is 1. The van der Waals surface area contributed by atoms with E-state index in [1.165, 1.54) is 19.1 Å². The molecule has 0 radical (unpaired) electrons. The van der Waals surface area contributed by atoms with Crippen LogP contribution in [-0.2, 0) is 27.4 Å². The molecule has 1 fully saturated rings. The van der Waals surface area contributed by atoms with E-state index in [0.29, 0.717) is 28.8 Å². The predicted molar refractivity (Wildman–Crippen MR) is 217 cm³/mol. The van der Waals surface area contributed by atoms with Crippen molar-refractivity contribution in [1.29, 1.82) is 0 Å². The number of carboxylic acids is 1. The van der Waals surface area contributed by atoms with Gasteiger partial charge in [0.1, 0.15) is 23.0 Å². The zero-order valence-corrected chi connectivity index (χ0v) is 33.4. The number of aliphatic carboxylic acids is 1. The molecule has 3 amide bonds. The molecule has 0 spiro atoms. The first-order valence-corrected chi connectivity index (χ1v) is 19.5. The summed E-state index contributed by atoms with van der Waals surface area (Å²) in [7, 11) is 0. The number of benzene rings is 3. The first-order chi connectivity index (χ1) is 27.5. The highest BCUT2D eigenvalue weighted by Crippen LogP contribution is 2.35. The van der Waals surface area contributed by atoms with Crippen molar-refractivity contribution in [2.75, 3.05) is 11.9 Å². The number of carboxylic acid groups (broad SMARTS) is 1. The molecule has 1 aliphatic rings. The molecule has 58 heavy (non-hydrogen) atoms. The van der Waals surface area contributed by atoms with Crippen LogP contribution in [0.25, 0.3) is 6.08 Å². The number of nitrogens with one attached hydrogen (secondary N) is 4. The second-order valence-electron chi connectivity index (χ2n) is 14.5. The molecule has 9 N–H and O–H groups in total. The number of thiazole rings is 1. The minimum absolute atomic E-state index is 0.0420. The van der Waals surface area contributed by atoms with E-state index in [2.05, 4.69) is 26.3 Å². The van der Waals surface area contributed by atoms with Crippen molar-refractivity contribution in [3.63, 3.8) is 0 Å². The molecule has 0 bridgehead atoms. The maximum atomic E-state index is 13.0. The molecule has 0 unspecified atom stereocenters. The molecular formula is C42H49N5O10S. The van der Waals surface area contributed by atoms with Gasteiger partial charge in [0.25, 0.3) is 11.8 Å². The minimum atomic E-state index is -2.07. The van der Waals surface area contributed by atoms with Crippen molar-refractivity contribution in [3.8, 4) is 5.75 Å². The van der Waals surface area contributed by atoms with Gasteiger partial charge in [-0.1, -0.05) is 36.4 Å². The summed E-state index contributed by atoms with van der Waals surface area (Å²) in [6, 6.07) is 16.0. The Morgan fingerprint density at radius 1 is 0.966 bits per heavy atom. The summed E-state index contributed by atoms with van der Waals surface area (Å²) in [6.45, 7) is 6.63. The van der Waals surface area contributed by atoms with Gasteiger partial charge >= 0.3 is 5.97 Å². The van der Waals surface area contributed by atoms with Gasteiger partial charge in [-0.2, -0.15) is 0 Å². The topological polar surface area (TPSA) is 240 Å². The Balaban J connectivity index is 1.22. The third kappa shape index (κ3) is 11.0. The molecule has 4 aromatic rings. The lowest BCUT2D eigenvalue weighted by molar-refractivity contribution is -0.226. The predicted octanol–water partition coefficient (Wildman–Crippen LogP) is 3.35. The highest BCUT2D eigenvalue weighted by molar-refractivity contribution is 7.09. The SMILES string of the molecule is CC(=O)N[C@H]1[C@H]([C@H](O)[C@H](O)CNC(=O)c2cc(C)c(O)c(C)c2)O[C@@](C/C=C/c2cccc(CNC(=O)c3cccc(NCc4nc(C)cs4)c3)c2)(C(=O)O)C[C@@H]1O. The van der Waals surface area contributed by atoms with Crippen molar-refractivity contribution in [1.82, 2.24) is 20.9 Å². The van der Waals surface area contributed by atoms with E-state index < -0.39 is 66.8 Å². The number of hydrogen-bond donors (Lipinski definition) is 9. The third-order valence-corrected chi connectivity index (χ3v) is 10.7. The highest BCUT2D eigenvalue weighted by atomic mass is 32.1. The number of amides is 3. The lowest BCUT2D eigenvalue weighted by Gasteiger charge is -2.47. The van der Waals surface area contributed by atoms with Crippen molar-refractivity contribution in [2.45, 2.75) is 89.7 Å². The van der Waals surface area contributed by atoms with Crippen LogP contribution < -0.4 is 21.3 Å². The number of carbonyl (C=O) groups is 4. The number of aliphatic hydroxyl groups excluding tert-OH is 3. The smallest absolute Gasteiger partial charge is 0.336 e. The molecule has 6 atom stereocenters. The Morgan fingerprint density at radius 2 is 1.67 bits per heavy atom. The molecule has 1 aliphatic heterocycles. The average molecular weight is 816 g/mol. The Kier molecular flexibility index (Phi) is 14.4. The number of aryl methyl sites for hydroxylation is 3. The van der Waals surface area contributed by atoms with Crippen molar-refractivity contribution >= 4 is 46.8 Å². The van der Waals surface area contributed by atoms with Gasteiger partial charge in [0.2, 0.25) is 5.91 Å². The van der Waals surface area contributed by atoms with E-state index in [4.69, 9.17) is 4.74 Å². The molecule has 2 heterocycles. The largest absolute Gasteiger partial charge is 0.507 e. The van der Waals surface area contributed by atoms with E-state index in [-0.39, 0.29) is 30.2 Å². The zero-order valence-electron chi connectivity index (χ0n) is 32.6. The molecule has 1 aromatic heterocycles. The second kappa shape index (κ2) is 19.2. The number of ether oxygens (including phenoxy) is 1. The number of aromatic hydroxyl groups is 1. The monoisotopic (exact) mass is 815 g/mol. The van der Waals surface area contributed by atoms with Crippen LogP contribution in [0.15, 0.2) is 72.1 Å². The van der Waals surface area contributed by atoms with Crippen LogP contribution in [0.5, 0.6) is 5.75 Å². The quantitative estimate of drug-likeness (QED) is 0.0792. The molecule has 3 aromatic carbocycles. The van der Waals surface area contributed by atoms with E-state index >= 15 is 0 Å². The van der Waals surface area contributed by atoms with Crippen LogP contribution in [0, 0.1) is 20.8 Å². The van der Waals surface area contributed by atoms with Gasteiger partial charge in [-0.05, 0) is 79.4 Å². The molecule has 15 nitrogen and oxygen atoms in total. The Bertz CT molecular complexity index is 2130. The van der Waals surface area contributed by atoms with Gasteiger partial charge in [0, 0.05) is 60.7 Å². The maximum absolute atomic E-state index is 13.0. The number of aromatic nitrogens is 1. The lowest BCUT2D eigenvalue weighted by atomic mass is 9.81. The molecule has 16 heteroatoms. The molecule has 308 valence electrons. The third-order valence-electron chi connectivity index (χ3n) is 9.78. The van der Waals surface area contributed by atoms with Crippen molar-refractivity contribution in [2.24, 2.45) is 0 Å². The Morgan fingerprint density at radius 3 is 2.34 bits per heavy atom. The zero-order chi connectivity index (χ0) is 42.1. The number of carbonyl (C=O) groups excluding carboxylic acids is 3. The van der Waals surface area contributed by atoms with Crippen LogP contribution in [0.4, 0.5) is 5.69 Å². The van der Waals surface area contributed by atoms with Crippen LogP contribution in [0.3, 0.4) is 0 Å².